The fourth-order valence-corrected chi connectivity index (χ4v) is 1.49. The molecular weight excluding hydrogens is 234 g/mol. The zero-order chi connectivity index (χ0) is 13.4. The Balaban J connectivity index is 2.71. The third kappa shape index (κ3) is 4.25. The molecular formula is C13H19NO4. The molecule has 1 aromatic rings. The van der Waals surface area contributed by atoms with E-state index in [0.29, 0.717) is 18.1 Å². The van der Waals surface area contributed by atoms with Crippen LogP contribution in [0.2, 0.25) is 0 Å². The summed E-state index contributed by atoms with van der Waals surface area (Å²) in [5.41, 5.74) is 1.05. The quantitative estimate of drug-likeness (QED) is 0.743. The molecule has 0 heterocycles. The molecule has 0 atom stereocenters. The SMILES string of the molecule is CCOC(=O)COc1cc(CNC)ccc1OC. The van der Waals surface area contributed by atoms with Crippen molar-refractivity contribution < 1.29 is 19.0 Å². The van der Waals surface area contributed by atoms with Crippen LogP contribution in [0.4, 0.5) is 0 Å². The summed E-state index contributed by atoms with van der Waals surface area (Å²) in [6, 6.07) is 5.59. The summed E-state index contributed by atoms with van der Waals surface area (Å²) in [7, 11) is 3.42. The van der Waals surface area contributed by atoms with E-state index in [-0.39, 0.29) is 6.61 Å². The average molecular weight is 253 g/mol. The van der Waals surface area contributed by atoms with Crippen molar-refractivity contribution in [1.82, 2.24) is 5.32 Å². The van der Waals surface area contributed by atoms with Crippen molar-refractivity contribution in [2.75, 3.05) is 27.4 Å². The molecule has 0 radical (unpaired) electrons. The smallest absolute Gasteiger partial charge is 0.344 e. The van der Waals surface area contributed by atoms with Gasteiger partial charge in [-0.15, -0.1) is 0 Å². The fraction of sp³-hybridized carbons (Fsp3) is 0.462. The minimum absolute atomic E-state index is 0.118. The molecule has 0 saturated carbocycles. The average Bonchev–Trinajstić information content (AvgIpc) is 2.37. The van der Waals surface area contributed by atoms with Crippen molar-refractivity contribution in [2.45, 2.75) is 13.5 Å². The van der Waals surface area contributed by atoms with Crippen LogP contribution in [0.3, 0.4) is 0 Å². The maximum Gasteiger partial charge on any atom is 0.344 e. The lowest BCUT2D eigenvalue weighted by Gasteiger charge is -2.11. The molecule has 0 amide bonds. The molecule has 0 unspecified atom stereocenters. The molecule has 0 saturated heterocycles. The van der Waals surface area contributed by atoms with Crippen LogP contribution < -0.4 is 14.8 Å². The third-order valence-electron chi connectivity index (χ3n) is 2.26. The molecule has 0 aliphatic rings. The Hall–Kier alpha value is -1.75. The molecule has 5 nitrogen and oxygen atoms in total. The Morgan fingerprint density at radius 2 is 2.11 bits per heavy atom. The van der Waals surface area contributed by atoms with Gasteiger partial charge >= 0.3 is 5.97 Å². The molecule has 1 aromatic carbocycles. The zero-order valence-corrected chi connectivity index (χ0v) is 11.0. The van der Waals surface area contributed by atoms with E-state index in [9.17, 15) is 4.79 Å². The van der Waals surface area contributed by atoms with Crippen LogP contribution in [0.1, 0.15) is 12.5 Å². The predicted octanol–water partition coefficient (Wildman–Crippen LogP) is 1.36. The second-order valence-electron chi connectivity index (χ2n) is 3.61. The van der Waals surface area contributed by atoms with E-state index in [1.807, 2.05) is 25.2 Å². The van der Waals surface area contributed by atoms with Gasteiger partial charge in [0.15, 0.2) is 18.1 Å². The minimum Gasteiger partial charge on any atom is -0.493 e. The first-order valence-corrected chi connectivity index (χ1v) is 5.81. The highest BCUT2D eigenvalue weighted by Gasteiger charge is 2.09. The van der Waals surface area contributed by atoms with Gasteiger partial charge in [-0.25, -0.2) is 4.79 Å². The first-order valence-electron chi connectivity index (χ1n) is 5.81. The maximum atomic E-state index is 11.2. The lowest BCUT2D eigenvalue weighted by atomic mass is 10.2. The Labute approximate surface area is 107 Å². The Morgan fingerprint density at radius 1 is 1.33 bits per heavy atom. The summed E-state index contributed by atoms with van der Waals surface area (Å²) in [6.45, 7) is 2.71. The normalized spacial score (nSPS) is 9.94. The van der Waals surface area contributed by atoms with Crippen molar-refractivity contribution >= 4 is 5.97 Å². The van der Waals surface area contributed by atoms with Crippen LogP contribution in [0.5, 0.6) is 11.5 Å². The standard InChI is InChI=1S/C13H19NO4/c1-4-17-13(15)9-18-12-7-10(8-14-2)5-6-11(12)16-3/h5-7,14H,4,8-9H2,1-3H3. The number of benzene rings is 1. The van der Waals surface area contributed by atoms with Gasteiger partial charge in [0.25, 0.3) is 0 Å². The number of methoxy groups -OCH3 is 1. The molecule has 0 fully saturated rings. The van der Waals surface area contributed by atoms with E-state index in [1.54, 1.807) is 14.0 Å². The Bertz CT molecular complexity index is 393. The summed E-state index contributed by atoms with van der Waals surface area (Å²) in [5.74, 6) is 0.746. The number of esters is 1. The zero-order valence-electron chi connectivity index (χ0n) is 11.0. The van der Waals surface area contributed by atoms with Crippen LogP contribution in [0.15, 0.2) is 18.2 Å². The van der Waals surface area contributed by atoms with Crippen LogP contribution >= 0.6 is 0 Å². The van der Waals surface area contributed by atoms with Crippen molar-refractivity contribution in [2.24, 2.45) is 0 Å². The summed E-state index contributed by atoms with van der Waals surface area (Å²) in [6.07, 6.45) is 0. The molecule has 18 heavy (non-hydrogen) atoms. The van der Waals surface area contributed by atoms with E-state index in [2.05, 4.69) is 5.32 Å². The maximum absolute atomic E-state index is 11.2. The van der Waals surface area contributed by atoms with Gasteiger partial charge in [-0.05, 0) is 31.7 Å². The summed E-state index contributed by atoms with van der Waals surface area (Å²) in [5, 5.41) is 3.05. The summed E-state index contributed by atoms with van der Waals surface area (Å²) >= 11 is 0. The van der Waals surface area contributed by atoms with Crippen molar-refractivity contribution in [3.8, 4) is 11.5 Å². The molecule has 0 aliphatic heterocycles. The highest BCUT2D eigenvalue weighted by Crippen LogP contribution is 2.28. The van der Waals surface area contributed by atoms with Crippen molar-refractivity contribution in [3.05, 3.63) is 23.8 Å². The second kappa shape index (κ2) is 7.55. The van der Waals surface area contributed by atoms with Crippen LogP contribution in [0, 0.1) is 0 Å². The van der Waals surface area contributed by atoms with Crippen LogP contribution in [-0.4, -0.2) is 33.3 Å². The van der Waals surface area contributed by atoms with Crippen LogP contribution in [-0.2, 0) is 16.1 Å². The van der Waals surface area contributed by atoms with Gasteiger partial charge in [-0.3, -0.25) is 0 Å². The van der Waals surface area contributed by atoms with E-state index < -0.39 is 5.97 Å². The highest BCUT2D eigenvalue weighted by atomic mass is 16.6. The molecule has 0 aromatic heterocycles. The van der Waals surface area contributed by atoms with Gasteiger partial charge in [0.2, 0.25) is 0 Å². The highest BCUT2D eigenvalue weighted by molar-refractivity contribution is 5.71. The molecule has 0 aliphatic carbocycles. The van der Waals surface area contributed by atoms with Crippen molar-refractivity contribution in [3.63, 3.8) is 0 Å². The van der Waals surface area contributed by atoms with Gasteiger partial charge in [0.1, 0.15) is 0 Å². The molecule has 0 bridgehead atoms. The Kier molecular flexibility index (Phi) is 6.00. The Morgan fingerprint density at radius 3 is 2.72 bits per heavy atom. The van der Waals surface area contributed by atoms with E-state index in [0.717, 1.165) is 12.1 Å². The first kappa shape index (κ1) is 14.3. The molecule has 1 rings (SSSR count). The summed E-state index contributed by atoms with van der Waals surface area (Å²) in [4.78, 5) is 11.2. The number of rotatable bonds is 7. The van der Waals surface area contributed by atoms with Crippen molar-refractivity contribution in [1.29, 1.82) is 0 Å². The van der Waals surface area contributed by atoms with Gasteiger partial charge in [-0.1, -0.05) is 6.07 Å². The second-order valence-corrected chi connectivity index (χ2v) is 3.61. The number of hydrogen-bond donors (Lipinski definition) is 1. The van der Waals surface area contributed by atoms with E-state index in [4.69, 9.17) is 14.2 Å². The predicted molar refractivity (Wildman–Crippen MR) is 67.9 cm³/mol. The third-order valence-corrected chi connectivity index (χ3v) is 2.26. The lowest BCUT2D eigenvalue weighted by Crippen LogP contribution is -2.15. The van der Waals surface area contributed by atoms with Crippen LogP contribution in [0.25, 0.3) is 0 Å². The first-order chi connectivity index (χ1) is 8.71. The summed E-state index contributed by atoms with van der Waals surface area (Å²) < 4.78 is 15.4. The minimum atomic E-state index is -0.390. The molecule has 0 spiro atoms. The topological polar surface area (TPSA) is 56.8 Å². The monoisotopic (exact) mass is 253 g/mol. The van der Waals surface area contributed by atoms with Gasteiger partial charge in [0.05, 0.1) is 13.7 Å². The number of nitrogens with one attached hydrogen (secondary N) is 1. The largest absolute Gasteiger partial charge is 0.493 e. The molecule has 100 valence electrons. The molecule has 5 heteroatoms. The van der Waals surface area contributed by atoms with Gasteiger partial charge in [-0.2, -0.15) is 0 Å². The van der Waals surface area contributed by atoms with Gasteiger partial charge < -0.3 is 19.5 Å². The number of hydrogen-bond acceptors (Lipinski definition) is 5. The number of carbonyl (C=O) groups excluding carboxylic acids is 1. The fourth-order valence-electron chi connectivity index (χ4n) is 1.49. The van der Waals surface area contributed by atoms with Gasteiger partial charge in [0, 0.05) is 6.54 Å². The number of carbonyl (C=O) groups is 1. The molecule has 1 N–H and O–H groups in total. The van der Waals surface area contributed by atoms with E-state index >= 15 is 0 Å². The number of ether oxygens (including phenoxy) is 3. The lowest BCUT2D eigenvalue weighted by molar-refractivity contribution is -0.145. The van der Waals surface area contributed by atoms with E-state index in [1.165, 1.54) is 0 Å².